The van der Waals surface area contributed by atoms with E-state index in [4.69, 9.17) is 4.74 Å². The lowest BCUT2D eigenvalue weighted by atomic mass is 9.49. The number of ketones is 1. The smallest absolute Gasteiger partial charge is 0.260 e. The number of carbonyl (C=O) groups is 5. The topological polar surface area (TPSA) is 133 Å². The van der Waals surface area contributed by atoms with Gasteiger partial charge in [-0.3, -0.25) is 34.3 Å². The number of carbonyl (C=O) groups excluding carboxylic acids is 5. The molecule has 4 amide bonds. The Morgan fingerprint density at radius 2 is 1.41 bits per heavy atom. The van der Waals surface area contributed by atoms with Crippen LogP contribution < -0.4 is 15.1 Å². The van der Waals surface area contributed by atoms with Crippen molar-refractivity contribution in [3.05, 3.63) is 173 Å². The van der Waals surface area contributed by atoms with Gasteiger partial charge in [-0.05, 0) is 85.3 Å². The Hall–Kier alpha value is -6.65. The van der Waals surface area contributed by atoms with Gasteiger partial charge in [0.1, 0.15) is 12.4 Å². The molecular weight excluding hydrogens is 731 g/mol. The average Bonchev–Trinajstić information content (AvgIpc) is 3.64. The Bertz CT molecular complexity index is 2450. The van der Waals surface area contributed by atoms with E-state index >= 15 is 4.79 Å². The third-order valence-electron chi connectivity index (χ3n) is 12.4. The fraction of sp³-hybridized carbons (Fsp3) is 0.229. The van der Waals surface area contributed by atoms with Crippen LogP contribution in [0.25, 0.3) is 0 Å². The molecule has 2 aliphatic carbocycles. The normalized spacial score (nSPS) is 24.9. The quantitative estimate of drug-likeness (QED) is 0.0902. The summed E-state index contributed by atoms with van der Waals surface area (Å²) in [5.74, 6) is -4.69. The van der Waals surface area contributed by atoms with E-state index in [2.05, 4.69) is 5.43 Å². The highest BCUT2D eigenvalue weighted by atomic mass is 16.5. The van der Waals surface area contributed by atoms with Gasteiger partial charge in [-0.25, -0.2) is 0 Å². The fourth-order valence-corrected chi connectivity index (χ4v) is 9.81. The molecule has 2 N–H and O–H groups in total. The maximum Gasteiger partial charge on any atom is 0.260 e. The molecule has 1 saturated carbocycles. The highest BCUT2D eigenvalue weighted by Crippen LogP contribution is 2.64. The van der Waals surface area contributed by atoms with Crippen LogP contribution >= 0.6 is 0 Å². The third-order valence-corrected chi connectivity index (χ3v) is 12.4. The van der Waals surface area contributed by atoms with E-state index in [1.807, 2.05) is 85.8 Å². The number of aliphatic hydroxyl groups excluding tert-OH is 1. The van der Waals surface area contributed by atoms with Gasteiger partial charge in [0.15, 0.2) is 5.78 Å². The molecule has 10 heteroatoms. The first kappa shape index (κ1) is 37.0. The van der Waals surface area contributed by atoms with Crippen molar-refractivity contribution in [2.45, 2.75) is 31.1 Å². The molecule has 0 aromatic heterocycles. The molecule has 0 unspecified atom stereocenters. The number of imide groups is 2. The number of nitrogens with zero attached hydrogens (tertiary/aromatic N) is 2. The van der Waals surface area contributed by atoms with Crippen LogP contribution in [0, 0.1) is 30.6 Å². The van der Waals surface area contributed by atoms with E-state index in [-0.39, 0.29) is 43.7 Å². The molecule has 6 atom stereocenters. The summed E-state index contributed by atoms with van der Waals surface area (Å²) in [4.78, 5) is 73.7. The number of aliphatic hydroxyl groups is 1. The maximum atomic E-state index is 15.4. The molecule has 10 nitrogen and oxygen atoms in total. The van der Waals surface area contributed by atoms with Gasteiger partial charge in [0.2, 0.25) is 11.8 Å². The van der Waals surface area contributed by atoms with Crippen molar-refractivity contribution in [3.8, 4) is 5.75 Å². The van der Waals surface area contributed by atoms with Crippen molar-refractivity contribution >= 4 is 40.8 Å². The second kappa shape index (κ2) is 14.7. The highest BCUT2D eigenvalue weighted by molar-refractivity contribution is 6.23. The second-order valence-electron chi connectivity index (χ2n) is 15.5. The van der Waals surface area contributed by atoms with Crippen molar-refractivity contribution in [2.75, 3.05) is 23.5 Å². The van der Waals surface area contributed by atoms with E-state index in [9.17, 15) is 24.3 Å². The number of rotatable bonds is 10. The zero-order valence-electron chi connectivity index (χ0n) is 31.8. The number of aryl methyl sites for hydroxylation is 1. The molecule has 0 spiro atoms. The van der Waals surface area contributed by atoms with Crippen LogP contribution in [0.15, 0.2) is 145 Å². The number of amides is 4. The number of fused-ring (bicyclic) bond motifs is 4. The monoisotopic (exact) mass is 771 g/mol. The molecule has 5 aromatic rings. The minimum absolute atomic E-state index is 0.112. The maximum absolute atomic E-state index is 15.4. The van der Waals surface area contributed by atoms with Gasteiger partial charge in [0.25, 0.3) is 11.8 Å². The minimum atomic E-state index is -1.40. The number of hydrazine groups is 1. The molecule has 4 aliphatic rings. The molecule has 2 saturated heterocycles. The number of hydrogen-bond donors (Lipinski definition) is 2. The number of allylic oxidation sites excluding steroid dienone is 2. The van der Waals surface area contributed by atoms with Crippen molar-refractivity contribution in [3.63, 3.8) is 0 Å². The lowest BCUT2D eigenvalue weighted by Gasteiger charge is -2.50. The zero-order chi connectivity index (χ0) is 40.1. The summed E-state index contributed by atoms with van der Waals surface area (Å²) in [6.07, 6.45) is 2.47. The first-order valence-corrected chi connectivity index (χ1v) is 19.6. The lowest BCUT2D eigenvalue weighted by molar-refractivity contribution is -0.138. The SMILES string of the molecule is Cc1ccc(NN2C(=O)[C@@H]3C[C@@H]4C(=CC[C@@H]5C(=O)N(c6ccc(C(=O)c7ccccc7)cc6)C(=O)[C@@H]54)[C@H](c4ccc(OCCO)cc4)[C@]3(c3ccccc3)C2=O)cc1. The van der Waals surface area contributed by atoms with Gasteiger partial charge in [-0.15, -0.1) is 0 Å². The van der Waals surface area contributed by atoms with Gasteiger partial charge in [0, 0.05) is 17.0 Å². The van der Waals surface area contributed by atoms with E-state index in [0.717, 1.165) is 21.7 Å². The number of benzene rings is 5. The molecule has 0 radical (unpaired) electrons. The van der Waals surface area contributed by atoms with Gasteiger partial charge in [-0.1, -0.05) is 102 Å². The molecule has 58 heavy (non-hydrogen) atoms. The zero-order valence-corrected chi connectivity index (χ0v) is 31.8. The van der Waals surface area contributed by atoms with Gasteiger partial charge in [-0.2, -0.15) is 5.01 Å². The van der Waals surface area contributed by atoms with E-state index in [1.54, 1.807) is 60.7 Å². The largest absolute Gasteiger partial charge is 0.491 e. The first-order chi connectivity index (χ1) is 28.2. The van der Waals surface area contributed by atoms with Gasteiger partial charge < -0.3 is 9.84 Å². The summed E-state index contributed by atoms with van der Waals surface area (Å²) in [5.41, 5.74) is 6.96. The van der Waals surface area contributed by atoms with E-state index in [1.165, 1.54) is 4.90 Å². The molecule has 9 rings (SSSR count). The molecule has 2 heterocycles. The number of anilines is 2. The first-order valence-electron chi connectivity index (χ1n) is 19.6. The standard InChI is InChI=1S/C48H41N3O7/c1-29-12-18-34(19-13-29)49-51-45(55)40-28-39-37(42(30-16-22-36(23-17-30)58-27-26-52)48(40,47(51)57)33-10-6-3-7-11-33)24-25-38-41(39)46(56)50(44(38)54)35-20-14-32(15-21-35)43(53)31-8-4-2-5-9-31/h2-24,38-42,49,52H,25-28H2,1H3/t38-,39+,40-,41-,42-,48+/m0/s1. The summed E-state index contributed by atoms with van der Waals surface area (Å²) >= 11 is 0. The minimum Gasteiger partial charge on any atom is -0.491 e. The van der Waals surface area contributed by atoms with Crippen molar-refractivity contribution in [1.82, 2.24) is 5.01 Å². The molecule has 5 aromatic carbocycles. The summed E-state index contributed by atoms with van der Waals surface area (Å²) in [6, 6.07) is 39.6. The van der Waals surface area contributed by atoms with Crippen LogP contribution in [-0.2, 0) is 24.6 Å². The Labute approximate surface area is 335 Å². The predicted molar refractivity (Wildman–Crippen MR) is 217 cm³/mol. The Kier molecular flexibility index (Phi) is 9.36. The molecular formula is C48H41N3O7. The lowest BCUT2D eigenvalue weighted by Crippen LogP contribution is -2.53. The van der Waals surface area contributed by atoms with Crippen molar-refractivity contribution in [2.24, 2.45) is 23.7 Å². The number of ether oxygens (including phenoxy) is 1. The Morgan fingerprint density at radius 1 is 0.759 bits per heavy atom. The van der Waals surface area contributed by atoms with Crippen LogP contribution in [0.3, 0.4) is 0 Å². The van der Waals surface area contributed by atoms with Crippen LogP contribution in [-0.4, -0.2) is 52.7 Å². The summed E-state index contributed by atoms with van der Waals surface area (Å²) in [7, 11) is 0. The Morgan fingerprint density at radius 3 is 2.09 bits per heavy atom. The number of hydrogen-bond acceptors (Lipinski definition) is 8. The van der Waals surface area contributed by atoms with Gasteiger partial charge >= 0.3 is 0 Å². The number of nitrogens with one attached hydrogen (secondary N) is 1. The average molecular weight is 772 g/mol. The van der Waals surface area contributed by atoms with Crippen molar-refractivity contribution in [1.29, 1.82) is 0 Å². The predicted octanol–water partition coefficient (Wildman–Crippen LogP) is 6.79. The van der Waals surface area contributed by atoms with Crippen LogP contribution in [0.4, 0.5) is 11.4 Å². The fourth-order valence-electron chi connectivity index (χ4n) is 9.81. The van der Waals surface area contributed by atoms with Gasteiger partial charge in [0.05, 0.1) is 41.2 Å². The molecule has 3 fully saturated rings. The molecule has 0 bridgehead atoms. The van der Waals surface area contributed by atoms with Crippen LogP contribution in [0.1, 0.15) is 51.4 Å². The highest BCUT2D eigenvalue weighted by Gasteiger charge is 2.70. The molecule has 2 aliphatic heterocycles. The van der Waals surface area contributed by atoms with Crippen LogP contribution in [0.2, 0.25) is 0 Å². The third kappa shape index (κ3) is 5.86. The van der Waals surface area contributed by atoms with Crippen molar-refractivity contribution < 1.29 is 33.8 Å². The molecule has 290 valence electrons. The summed E-state index contributed by atoms with van der Waals surface area (Å²) in [5, 5.41) is 10.5. The Balaban J connectivity index is 1.14. The van der Waals surface area contributed by atoms with E-state index in [0.29, 0.717) is 33.8 Å². The van der Waals surface area contributed by atoms with Crippen LogP contribution in [0.5, 0.6) is 5.75 Å². The summed E-state index contributed by atoms with van der Waals surface area (Å²) in [6.45, 7) is 1.92. The summed E-state index contributed by atoms with van der Waals surface area (Å²) < 4.78 is 5.70. The second-order valence-corrected chi connectivity index (χ2v) is 15.5. The van der Waals surface area contributed by atoms with E-state index < -0.39 is 46.8 Å².